The first-order valence-corrected chi connectivity index (χ1v) is 11.0. The Morgan fingerprint density at radius 2 is 1.93 bits per heavy atom. The minimum Gasteiger partial charge on any atom is -0.352 e. The summed E-state index contributed by atoms with van der Waals surface area (Å²) in [5, 5.41) is 4.52. The summed E-state index contributed by atoms with van der Waals surface area (Å²) in [6.45, 7) is 1.16. The first-order chi connectivity index (χ1) is 14.1. The van der Waals surface area contributed by atoms with E-state index in [0.29, 0.717) is 11.6 Å². The van der Waals surface area contributed by atoms with E-state index in [1.54, 1.807) is 23.5 Å². The molecule has 1 fully saturated rings. The van der Waals surface area contributed by atoms with Gasteiger partial charge in [-0.05, 0) is 42.7 Å². The Balaban J connectivity index is 1.31. The largest absolute Gasteiger partial charge is 0.352 e. The molecule has 0 bridgehead atoms. The molecule has 5 nitrogen and oxygen atoms in total. The van der Waals surface area contributed by atoms with Crippen LogP contribution in [0.4, 0.5) is 0 Å². The van der Waals surface area contributed by atoms with Gasteiger partial charge < -0.3 is 10.2 Å². The maximum Gasteiger partial charge on any atom is 0.223 e. The first-order valence-electron chi connectivity index (χ1n) is 9.76. The van der Waals surface area contributed by atoms with Crippen molar-refractivity contribution in [1.82, 2.24) is 15.2 Å². The number of fused-ring (bicyclic) bond motifs is 1. The van der Waals surface area contributed by atoms with Crippen LogP contribution in [0.1, 0.15) is 42.3 Å². The fourth-order valence-electron chi connectivity index (χ4n) is 3.61. The Bertz CT molecular complexity index is 985. The maximum absolute atomic E-state index is 12.8. The lowest BCUT2D eigenvalue weighted by Crippen LogP contribution is -2.32. The zero-order chi connectivity index (χ0) is 20.2. The molecule has 0 radical (unpaired) electrons. The van der Waals surface area contributed by atoms with E-state index in [1.807, 2.05) is 35.2 Å². The van der Waals surface area contributed by atoms with Crippen molar-refractivity contribution in [3.63, 3.8) is 0 Å². The van der Waals surface area contributed by atoms with Gasteiger partial charge in [0.25, 0.3) is 0 Å². The van der Waals surface area contributed by atoms with Gasteiger partial charge in [0.2, 0.25) is 11.8 Å². The standard InChI is InChI=1S/C22H22ClN3O2S/c23-16-9-7-15(8-10-16)14-24-20(27)11-12-21(28)26-13-3-5-18(26)22-25-17-4-1-2-6-19(17)29-22/h1-2,4,6-10,18H,3,5,11-14H2,(H,24,27). The smallest absolute Gasteiger partial charge is 0.223 e. The number of amides is 2. The molecule has 1 aliphatic heterocycles. The molecule has 2 heterocycles. The number of likely N-dealkylation sites (tertiary alicyclic amines) is 1. The molecule has 1 N–H and O–H groups in total. The highest BCUT2D eigenvalue weighted by molar-refractivity contribution is 7.18. The van der Waals surface area contributed by atoms with Crippen molar-refractivity contribution in [2.75, 3.05) is 6.54 Å². The van der Waals surface area contributed by atoms with E-state index in [2.05, 4.69) is 11.4 Å². The van der Waals surface area contributed by atoms with Gasteiger partial charge in [-0.25, -0.2) is 4.98 Å². The molecule has 4 rings (SSSR count). The van der Waals surface area contributed by atoms with Crippen LogP contribution in [0, 0.1) is 0 Å². The minimum atomic E-state index is -0.121. The van der Waals surface area contributed by atoms with E-state index >= 15 is 0 Å². The summed E-state index contributed by atoms with van der Waals surface area (Å²) in [5.74, 6) is -0.0996. The van der Waals surface area contributed by atoms with E-state index in [0.717, 1.165) is 40.2 Å². The van der Waals surface area contributed by atoms with Gasteiger partial charge in [0.1, 0.15) is 5.01 Å². The number of carbonyl (C=O) groups excluding carboxylic acids is 2. The molecule has 150 valence electrons. The van der Waals surface area contributed by atoms with E-state index in [1.165, 1.54) is 0 Å². The van der Waals surface area contributed by atoms with Gasteiger partial charge in [0.05, 0.1) is 16.3 Å². The molecular formula is C22H22ClN3O2S. The maximum atomic E-state index is 12.8. The molecule has 1 unspecified atom stereocenters. The zero-order valence-corrected chi connectivity index (χ0v) is 17.5. The third kappa shape index (κ3) is 4.77. The van der Waals surface area contributed by atoms with Gasteiger partial charge in [-0.1, -0.05) is 35.9 Å². The van der Waals surface area contributed by atoms with Crippen LogP contribution >= 0.6 is 22.9 Å². The topological polar surface area (TPSA) is 62.3 Å². The van der Waals surface area contributed by atoms with Crippen molar-refractivity contribution in [3.05, 3.63) is 64.1 Å². The molecule has 1 atom stereocenters. The van der Waals surface area contributed by atoms with E-state index in [-0.39, 0.29) is 30.7 Å². The van der Waals surface area contributed by atoms with Crippen LogP contribution in [0.5, 0.6) is 0 Å². The summed E-state index contributed by atoms with van der Waals surface area (Å²) < 4.78 is 1.14. The number of para-hydroxylation sites is 1. The van der Waals surface area contributed by atoms with E-state index in [9.17, 15) is 9.59 Å². The van der Waals surface area contributed by atoms with Crippen molar-refractivity contribution in [2.45, 2.75) is 38.3 Å². The highest BCUT2D eigenvalue weighted by Crippen LogP contribution is 2.36. The average Bonchev–Trinajstić information content (AvgIpc) is 3.38. The summed E-state index contributed by atoms with van der Waals surface area (Å²) in [5.41, 5.74) is 1.96. The van der Waals surface area contributed by atoms with Crippen LogP contribution in [0.15, 0.2) is 48.5 Å². The lowest BCUT2D eigenvalue weighted by atomic mass is 10.2. The number of nitrogens with zero attached hydrogens (tertiary/aromatic N) is 2. The Morgan fingerprint density at radius 1 is 1.14 bits per heavy atom. The predicted molar refractivity (Wildman–Crippen MR) is 116 cm³/mol. The minimum absolute atomic E-state index is 0.0217. The Hall–Kier alpha value is -2.44. The number of thiazole rings is 1. The molecule has 0 spiro atoms. The molecule has 7 heteroatoms. The average molecular weight is 428 g/mol. The van der Waals surface area contributed by atoms with Gasteiger partial charge in [-0.3, -0.25) is 9.59 Å². The quantitative estimate of drug-likeness (QED) is 0.619. The van der Waals surface area contributed by atoms with Gasteiger partial charge >= 0.3 is 0 Å². The highest BCUT2D eigenvalue weighted by Gasteiger charge is 2.32. The van der Waals surface area contributed by atoms with Crippen LogP contribution in [0.25, 0.3) is 10.2 Å². The third-order valence-electron chi connectivity index (χ3n) is 5.14. The van der Waals surface area contributed by atoms with Crippen molar-refractivity contribution in [1.29, 1.82) is 0 Å². The fourth-order valence-corrected chi connectivity index (χ4v) is 4.85. The van der Waals surface area contributed by atoms with Crippen molar-refractivity contribution < 1.29 is 9.59 Å². The summed E-state index contributed by atoms with van der Waals surface area (Å²) in [4.78, 5) is 31.5. The van der Waals surface area contributed by atoms with Crippen molar-refractivity contribution in [2.24, 2.45) is 0 Å². The Morgan fingerprint density at radius 3 is 2.72 bits per heavy atom. The second-order valence-corrected chi connectivity index (χ2v) is 8.67. The van der Waals surface area contributed by atoms with Gasteiger partial charge in [0.15, 0.2) is 0 Å². The number of halogens is 1. The summed E-state index contributed by atoms with van der Waals surface area (Å²) in [6.07, 6.45) is 2.30. The number of nitrogens with one attached hydrogen (secondary N) is 1. The van der Waals surface area contributed by atoms with Crippen LogP contribution in [-0.4, -0.2) is 28.2 Å². The van der Waals surface area contributed by atoms with Crippen LogP contribution < -0.4 is 5.32 Å². The molecule has 0 saturated carbocycles. The Labute approximate surface area is 178 Å². The van der Waals surface area contributed by atoms with Crippen molar-refractivity contribution in [3.8, 4) is 0 Å². The van der Waals surface area contributed by atoms with E-state index in [4.69, 9.17) is 16.6 Å². The molecule has 2 aromatic carbocycles. The second kappa shape index (κ2) is 8.93. The molecule has 2 amide bonds. The highest BCUT2D eigenvalue weighted by atomic mass is 35.5. The Kier molecular flexibility index (Phi) is 6.11. The molecule has 1 aliphatic rings. The normalized spacial score (nSPS) is 16.3. The van der Waals surface area contributed by atoms with Crippen LogP contribution in [-0.2, 0) is 16.1 Å². The van der Waals surface area contributed by atoms with Crippen LogP contribution in [0.2, 0.25) is 5.02 Å². The van der Waals surface area contributed by atoms with E-state index < -0.39 is 0 Å². The first kappa shape index (κ1) is 19.9. The SMILES string of the molecule is O=C(CCC(=O)N1CCCC1c1nc2ccccc2s1)NCc1ccc(Cl)cc1. The molecule has 1 saturated heterocycles. The van der Waals surface area contributed by atoms with Gasteiger partial charge in [-0.15, -0.1) is 11.3 Å². The molecule has 0 aliphatic carbocycles. The number of hydrogen-bond acceptors (Lipinski definition) is 4. The number of aromatic nitrogens is 1. The summed E-state index contributed by atoms with van der Waals surface area (Å²) >= 11 is 7.52. The van der Waals surface area contributed by atoms with Crippen LogP contribution in [0.3, 0.4) is 0 Å². The lowest BCUT2D eigenvalue weighted by molar-refractivity contribution is -0.134. The molecule has 3 aromatic rings. The summed E-state index contributed by atoms with van der Waals surface area (Å²) in [7, 11) is 0. The zero-order valence-electron chi connectivity index (χ0n) is 15.9. The summed E-state index contributed by atoms with van der Waals surface area (Å²) in [6, 6.07) is 15.4. The third-order valence-corrected chi connectivity index (χ3v) is 6.53. The number of rotatable bonds is 6. The number of carbonyl (C=O) groups is 2. The molecule has 1 aromatic heterocycles. The van der Waals surface area contributed by atoms with Crippen molar-refractivity contribution >= 4 is 45.0 Å². The number of hydrogen-bond donors (Lipinski definition) is 1. The lowest BCUT2D eigenvalue weighted by Gasteiger charge is -2.23. The predicted octanol–water partition coefficient (Wildman–Crippen LogP) is 4.71. The molecule has 29 heavy (non-hydrogen) atoms. The van der Waals surface area contributed by atoms with Gasteiger partial charge in [-0.2, -0.15) is 0 Å². The fraction of sp³-hybridized carbons (Fsp3) is 0.318. The van der Waals surface area contributed by atoms with Gasteiger partial charge in [0, 0.05) is 31.0 Å². The second-order valence-electron chi connectivity index (χ2n) is 7.17. The number of benzene rings is 2. The molecular weight excluding hydrogens is 406 g/mol. The monoisotopic (exact) mass is 427 g/mol.